The number of hydrogen-bond donors (Lipinski definition) is 0. The first-order valence-corrected chi connectivity index (χ1v) is 10.5. The Kier molecular flexibility index (Phi) is 7.65. The van der Waals surface area contributed by atoms with Crippen LogP contribution in [-0.2, 0) is 4.74 Å². The van der Waals surface area contributed by atoms with E-state index in [2.05, 4.69) is 32.5 Å². The Morgan fingerprint density at radius 1 is 0.667 bits per heavy atom. The van der Waals surface area contributed by atoms with Crippen molar-refractivity contribution in [2.24, 2.45) is 0 Å². The third-order valence-electron chi connectivity index (χ3n) is 4.64. The predicted molar refractivity (Wildman–Crippen MR) is 126 cm³/mol. The van der Waals surface area contributed by atoms with Crippen LogP contribution in [0.15, 0.2) is 65.1 Å². The van der Waals surface area contributed by atoms with E-state index in [-0.39, 0.29) is 16.7 Å². The Balaban J connectivity index is 1.87. The second-order valence-corrected chi connectivity index (χ2v) is 7.72. The van der Waals surface area contributed by atoms with Crippen LogP contribution in [0.3, 0.4) is 0 Å². The summed E-state index contributed by atoms with van der Waals surface area (Å²) in [5.74, 6) is 5.32. The van der Waals surface area contributed by atoms with E-state index < -0.39 is 17.5 Å². The number of halogens is 1. The van der Waals surface area contributed by atoms with Gasteiger partial charge in [0.05, 0.1) is 26.9 Å². The summed E-state index contributed by atoms with van der Waals surface area (Å²) in [7, 11) is 4.37. The van der Waals surface area contributed by atoms with E-state index in [9.17, 15) is 14.4 Å². The Bertz CT molecular complexity index is 1260. The van der Waals surface area contributed by atoms with Crippen molar-refractivity contribution in [1.29, 1.82) is 0 Å². The van der Waals surface area contributed by atoms with Gasteiger partial charge in [-0.2, -0.15) is 0 Å². The zero-order valence-corrected chi connectivity index (χ0v) is 19.7. The average molecular weight is 507 g/mol. The molecule has 0 aromatic heterocycles. The van der Waals surface area contributed by atoms with Crippen LogP contribution >= 0.6 is 15.9 Å². The lowest BCUT2D eigenvalue weighted by atomic mass is 9.99. The van der Waals surface area contributed by atoms with Crippen molar-refractivity contribution in [2.45, 2.75) is 0 Å². The molecule has 3 rings (SSSR count). The highest BCUT2D eigenvalue weighted by molar-refractivity contribution is 9.10. The minimum atomic E-state index is -0.694. The van der Waals surface area contributed by atoms with Gasteiger partial charge < -0.3 is 14.2 Å². The number of rotatable bonds is 6. The van der Waals surface area contributed by atoms with E-state index >= 15 is 0 Å². The number of ketones is 2. The van der Waals surface area contributed by atoms with Gasteiger partial charge in [-0.1, -0.05) is 39.9 Å². The molecular weight excluding hydrogens is 488 g/mol. The van der Waals surface area contributed by atoms with E-state index in [1.807, 2.05) is 0 Å². The van der Waals surface area contributed by atoms with Crippen molar-refractivity contribution in [3.8, 4) is 23.3 Å². The molecule has 0 bridgehead atoms. The predicted octanol–water partition coefficient (Wildman–Crippen LogP) is 4.72. The largest absolute Gasteiger partial charge is 0.497 e. The fourth-order valence-corrected chi connectivity index (χ4v) is 3.45. The third-order valence-corrected chi connectivity index (χ3v) is 5.09. The van der Waals surface area contributed by atoms with Gasteiger partial charge in [0.2, 0.25) is 11.6 Å². The molecule has 0 spiro atoms. The van der Waals surface area contributed by atoms with E-state index in [1.165, 1.54) is 31.4 Å². The van der Waals surface area contributed by atoms with Crippen LogP contribution in [0.25, 0.3) is 0 Å². The van der Waals surface area contributed by atoms with Crippen molar-refractivity contribution < 1.29 is 28.6 Å². The summed E-state index contributed by atoms with van der Waals surface area (Å²) in [6.45, 7) is 0. The van der Waals surface area contributed by atoms with Gasteiger partial charge in [0, 0.05) is 32.8 Å². The highest BCUT2D eigenvalue weighted by atomic mass is 79.9. The number of ether oxygens (including phenoxy) is 3. The van der Waals surface area contributed by atoms with Crippen LogP contribution in [0.1, 0.15) is 42.2 Å². The fourth-order valence-electron chi connectivity index (χ4n) is 2.95. The molecule has 0 N–H and O–H groups in total. The number of esters is 1. The second-order valence-electron chi connectivity index (χ2n) is 6.81. The normalized spacial score (nSPS) is 9.94. The molecule has 0 radical (unpaired) electrons. The molecular formula is C26H19BrO6. The Labute approximate surface area is 199 Å². The molecule has 0 aliphatic rings. The molecule has 3 aromatic rings. The molecule has 3 aromatic carbocycles. The summed E-state index contributed by atoms with van der Waals surface area (Å²) in [6, 6.07) is 15.8. The molecule has 6 nitrogen and oxygen atoms in total. The van der Waals surface area contributed by atoms with Gasteiger partial charge in [-0.3, -0.25) is 9.59 Å². The third kappa shape index (κ3) is 5.88. The van der Waals surface area contributed by atoms with Crippen LogP contribution in [0.4, 0.5) is 0 Å². The second kappa shape index (κ2) is 10.6. The van der Waals surface area contributed by atoms with Crippen LogP contribution < -0.4 is 9.47 Å². The van der Waals surface area contributed by atoms with Gasteiger partial charge >= 0.3 is 5.97 Å². The number of methoxy groups -OCH3 is 3. The molecule has 0 aliphatic carbocycles. The lowest BCUT2D eigenvalue weighted by Gasteiger charge is -2.05. The maximum atomic E-state index is 12.8. The van der Waals surface area contributed by atoms with E-state index in [4.69, 9.17) is 9.47 Å². The molecule has 33 heavy (non-hydrogen) atoms. The molecule has 0 unspecified atom stereocenters. The first-order chi connectivity index (χ1) is 15.8. The summed E-state index contributed by atoms with van der Waals surface area (Å²) in [4.78, 5) is 37.1. The molecule has 7 heteroatoms. The molecule has 0 atom stereocenters. The van der Waals surface area contributed by atoms with Crippen LogP contribution in [0.5, 0.6) is 11.5 Å². The minimum absolute atomic E-state index is 0.170. The molecule has 0 saturated carbocycles. The summed E-state index contributed by atoms with van der Waals surface area (Å²) in [5, 5.41) is 0. The van der Waals surface area contributed by atoms with Crippen LogP contribution in [0.2, 0.25) is 0 Å². The molecule has 0 amide bonds. The van der Waals surface area contributed by atoms with Crippen molar-refractivity contribution >= 4 is 33.5 Å². The molecule has 0 fully saturated rings. The van der Waals surface area contributed by atoms with E-state index in [0.29, 0.717) is 27.1 Å². The standard InChI is InChI=1S/C26H19BrO6/c1-31-22-12-17(13-23(15-22)32-2)5-4-16-10-20(14-21(27)11-16)25(29)24(28)18-6-8-19(9-7-18)26(30)33-3/h6-15H,1-3H3. The molecule has 0 aliphatic heterocycles. The summed E-state index contributed by atoms with van der Waals surface area (Å²) < 4.78 is 15.7. The summed E-state index contributed by atoms with van der Waals surface area (Å²) >= 11 is 3.37. The lowest BCUT2D eigenvalue weighted by Crippen LogP contribution is -2.15. The van der Waals surface area contributed by atoms with Gasteiger partial charge in [-0.15, -0.1) is 0 Å². The van der Waals surface area contributed by atoms with Crippen molar-refractivity contribution in [3.63, 3.8) is 0 Å². The summed E-state index contributed by atoms with van der Waals surface area (Å²) in [5.41, 5.74) is 1.86. The quantitative estimate of drug-likeness (QED) is 0.208. The first kappa shape index (κ1) is 23.8. The Morgan fingerprint density at radius 2 is 1.18 bits per heavy atom. The number of Topliss-reactive ketones (excluding diaryl/α,β-unsaturated/α-hetero) is 2. The van der Waals surface area contributed by atoms with Gasteiger partial charge in [0.25, 0.3) is 0 Å². The number of hydrogen-bond acceptors (Lipinski definition) is 6. The number of carbonyl (C=O) groups is 3. The van der Waals surface area contributed by atoms with E-state index in [0.717, 1.165) is 0 Å². The lowest BCUT2D eigenvalue weighted by molar-refractivity contribution is 0.0600. The number of carbonyl (C=O) groups excluding carboxylic acids is 3. The van der Waals surface area contributed by atoms with Gasteiger partial charge in [0.1, 0.15) is 11.5 Å². The smallest absolute Gasteiger partial charge is 0.337 e. The van der Waals surface area contributed by atoms with Crippen molar-refractivity contribution in [3.05, 3.63) is 93.0 Å². The monoisotopic (exact) mass is 506 g/mol. The highest BCUT2D eigenvalue weighted by Gasteiger charge is 2.20. The zero-order chi connectivity index (χ0) is 24.0. The van der Waals surface area contributed by atoms with Crippen LogP contribution in [-0.4, -0.2) is 38.9 Å². The minimum Gasteiger partial charge on any atom is -0.497 e. The maximum absolute atomic E-state index is 12.8. The zero-order valence-electron chi connectivity index (χ0n) is 18.1. The molecule has 166 valence electrons. The van der Waals surface area contributed by atoms with Crippen LogP contribution in [0, 0.1) is 11.8 Å². The Hall–Kier alpha value is -3.89. The van der Waals surface area contributed by atoms with Crippen molar-refractivity contribution in [2.75, 3.05) is 21.3 Å². The van der Waals surface area contributed by atoms with Gasteiger partial charge in [-0.25, -0.2) is 4.79 Å². The van der Waals surface area contributed by atoms with Crippen molar-refractivity contribution in [1.82, 2.24) is 0 Å². The fraction of sp³-hybridized carbons (Fsp3) is 0.115. The Morgan fingerprint density at radius 3 is 1.73 bits per heavy atom. The average Bonchev–Trinajstić information content (AvgIpc) is 2.85. The van der Waals surface area contributed by atoms with Gasteiger partial charge in [0.15, 0.2) is 0 Å². The summed E-state index contributed by atoms with van der Waals surface area (Å²) in [6.07, 6.45) is 0. The van der Waals surface area contributed by atoms with E-state index in [1.54, 1.807) is 50.6 Å². The highest BCUT2D eigenvalue weighted by Crippen LogP contribution is 2.22. The first-order valence-electron chi connectivity index (χ1n) is 9.67. The number of benzene rings is 3. The maximum Gasteiger partial charge on any atom is 0.337 e. The topological polar surface area (TPSA) is 78.9 Å². The SMILES string of the molecule is COC(=O)c1ccc(C(=O)C(=O)c2cc(Br)cc(C#Cc3cc(OC)cc(OC)c3)c2)cc1. The molecule has 0 heterocycles. The molecule has 0 saturated heterocycles. The van der Waals surface area contributed by atoms with Gasteiger partial charge in [-0.05, 0) is 42.5 Å².